The van der Waals surface area contributed by atoms with Crippen LogP contribution in [0.15, 0.2) is 24.3 Å². The van der Waals surface area contributed by atoms with Crippen molar-refractivity contribution in [2.75, 3.05) is 13.2 Å². The first-order valence-electron chi connectivity index (χ1n) is 7.65. The molecule has 3 unspecified atom stereocenters. The van der Waals surface area contributed by atoms with Crippen LogP contribution in [0, 0.1) is 29.1 Å². The van der Waals surface area contributed by atoms with Crippen LogP contribution in [-0.4, -0.2) is 13.2 Å². The highest BCUT2D eigenvalue weighted by atomic mass is 16.5. The predicted molar refractivity (Wildman–Crippen MR) is 78.2 cm³/mol. The third-order valence-corrected chi connectivity index (χ3v) is 4.87. The number of nitrogens with zero attached hydrogens (tertiary/aromatic N) is 1. The highest BCUT2D eigenvalue weighted by Crippen LogP contribution is 2.47. The van der Waals surface area contributed by atoms with Crippen LogP contribution >= 0.6 is 0 Å². The van der Waals surface area contributed by atoms with Crippen molar-refractivity contribution in [1.82, 2.24) is 5.32 Å². The summed E-state index contributed by atoms with van der Waals surface area (Å²) in [6.45, 7) is 2.06. The molecule has 0 heterocycles. The van der Waals surface area contributed by atoms with E-state index in [0.717, 1.165) is 42.2 Å². The second-order valence-electron chi connectivity index (χ2n) is 6.12. The largest absolute Gasteiger partial charge is 0.478 e. The van der Waals surface area contributed by atoms with Gasteiger partial charge in [0.15, 0.2) is 6.61 Å². The van der Waals surface area contributed by atoms with Crippen molar-refractivity contribution in [2.45, 2.75) is 32.2 Å². The average molecular weight is 270 g/mol. The molecular weight excluding hydrogens is 248 g/mol. The Morgan fingerprint density at radius 2 is 2.15 bits per heavy atom. The zero-order valence-electron chi connectivity index (χ0n) is 11.8. The SMILES string of the molecule is N#CCOc1ccccc1CNCC1CC2CCC1C2. The summed E-state index contributed by atoms with van der Waals surface area (Å²) in [7, 11) is 0. The van der Waals surface area contributed by atoms with Gasteiger partial charge < -0.3 is 10.1 Å². The van der Waals surface area contributed by atoms with Gasteiger partial charge in [-0.25, -0.2) is 0 Å². The van der Waals surface area contributed by atoms with E-state index < -0.39 is 0 Å². The fraction of sp³-hybridized carbons (Fsp3) is 0.588. The molecule has 3 atom stereocenters. The highest BCUT2D eigenvalue weighted by Gasteiger charge is 2.38. The maximum absolute atomic E-state index is 8.61. The number of nitriles is 1. The molecule has 20 heavy (non-hydrogen) atoms. The number of para-hydroxylation sites is 1. The Balaban J connectivity index is 1.50. The summed E-state index contributed by atoms with van der Waals surface area (Å²) >= 11 is 0. The molecule has 0 spiro atoms. The highest BCUT2D eigenvalue weighted by molar-refractivity contribution is 5.33. The molecule has 3 nitrogen and oxygen atoms in total. The second kappa shape index (κ2) is 6.28. The first-order chi connectivity index (χ1) is 9.86. The molecule has 1 aromatic carbocycles. The third-order valence-electron chi connectivity index (χ3n) is 4.87. The van der Waals surface area contributed by atoms with Crippen molar-refractivity contribution in [3.63, 3.8) is 0 Å². The Kier molecular flexibility index (Phi) is 4.22. The van der Waals surface area contributed by atoms with Gasteiger partial charge in [-0.15, -0.1) is 0 Å². The summed E-state index contributed by atoms with van der Waals surface area (Å²) < 4.78 is 5.46. The van der Waals surface area contributed by atoms with E-state index >= 15 is 0 Å². The summed E-state index contributed by atoms with van der Waals surface area (Å²) in [5.41, 5.74) is 1.14. The quantitative estimate of drug-likeness (QED) is 0.864. The number of ether oxygens (including phenoxy) is 1. The van der Waals surface area contributed by atoms with E-state index in [1.54, 1.807) is 0 Å². The summed E-state index contributed by atoms with van der Waals surface area (Å²) in [6.07, 6.45) is 5.79. The van der Waals surface area contributed by atoms with Gasteiger partial charge in [-0.1, -0.05) is 24.6 Å². The molecule has 0 saturated heterocycles. The van der Waals surface area contributed by atoms with E-state index in [1.807, 2.05) is 24.3 Å². The molecule has 0 amide bonds. The molecule has 2 aliphatic rings. The van der Waals surface area contributed by atoms with Gasteiger partial charge in [-0.2, -0.15) is 5.26 Å². The molecule has 1 N–H and O–H groups in total. The van der Waals surface area contributed by atoms with E-state index in [-0.39, 0.29) is 6.61 Å². The monoisotopic (exact) mass is 270 g/mol. The van der Waals surface area contributed by atoms with Crippen LogP contribution in [-0.2, 0) is 6.54 Å². The Morgan fingerprint density at radius 1 is 1.25 bits per heavy atom. The first kappa shape index (κ1) is 13.5. The molecule has 0 radical (unpaired) electrons. The van der Waals surface area contributed by atoms with E-state index in [2.05, 4.69) is 11.4 Å². The van der Waals surface area contributed by atoms with Crippen LogP contribution in [0.1, 0.15) is 31.2 Å². The van der Waals surface area contributed by atoms with Crippen LogP contribution in [0.3, 0.4) is 0 Å². The lowest BCUT2D eigenvalue weighted by molar-refractivity contribution is 0.316. The average Bonchev–Trinajstić information content (AvgIpc) is 3.09. The van der Waals surface area contributed by atoms with Gasteiger partial charge >= 0.3 is 0 Å². The zero-order chi connectivity index (χ0) is 13.8. The van der Waals surface area contributed by atoms with Crippen molar-refractivity contribution in [1.29, 1.82) is 5.26 Å². The minimum Gasteiger partial charge on any atom is -0.478 e. The van der Waals surface area contributed by atoms with E-state index in [1.165, 1.54) is 25.7 Å². The standard InChI is InChI=1S/C17H22N2O/c18-7-8-20-17-4-2-1-3-15(17)11-19-12-16-10-13-5-6-14(16)9-13/h1-4,13-14,16,19H,5-6,8-12H2. The van der Waals surface area contributed by atoms with Crippen molar-refractivity contribution >= 4 is 0 Å². The van der Waals surface area contributed by atoms with E-state index in [0.29, 0.717) is 0 Å². The predicted octanol–water partition coefficient (Wildman–Crippen LogP) is 3.11. The Labute approximate surface area is 120 Å². The van der Waals surface area contributed by atoms with Crippen molar-refractivity contribution < 1.29 is 4.74 Å². The zero-order valence-corrected chi connectivity index (χ0v) is 11.8. The summed E-state index contributed by atoms with van der Waals surface area (Å²) in [4.78, 5) is 0. The smallest absolute Gasteiger partial charge is 0.174 e. The maximum Gasteiger partial charge on any atom is 0.174 e. The minimum atomic E-state index is 0.114. The molecule has 2 saturated carbocycles. The van der Waals surface area contributed by atoms with E-state index in [4.69, 9.17) is 10.00 Å². The van der Waals surface area contributed by atoms with Gasteiger partial charge in [0.1, 0.15) is 11.8 Å². The van der Waals surface area contributed by atoms with Crippen LogP contribution in [0.25, 0.3) is 0 Å². The molecule has 2 aliphatic carbocycles. The van der Waals surface area contributed by atoms with Crippen LogP contribution in [0.4, 0.5) is 0 Å². The molecule has 2 bridgehead atoms. The number of nitrogens with one attached hydrogen (secondary N) is 1. The summed E-state index contributed by atoms with van der Waals surface area (Å²) in [6, 6.07) is 10.00. The molecule has 0 aromatic heterocycles. The maximum atomic E-state index is 8.61. The Bertz CT molecular complexity index is 494. The van der Waals surface area contributed by atoms with Crippen LogP contribution in [0.2, 0.25) is 0 Å². The number of rotatable bonds is 6. The number of fused-ring (bicyclic) bond motifs is 2. The molecule has 106 valence electrons. The van der Waals surface area contributed by atoms with Crippen molar-refractivity contribution in [3.05, 3.63) is 29.8 Å². The number of hydrogen-bond donors (Lipinski definition) is 1. The molecule has 3 heteroatoms. The third kappa shape index (κ3) is 2.96. The van der Waals surface area contributed by atoms with Gasteiger partial charge in [0.2, 0.25) is 0 Å². The molecule has 3 rings (SSSR count). The molecular formula is C17H22N2O. The lowest BCUT2D eigenvalue weighted by atomic mass is 9.89. The lowest BCUT2D eigenvalue weighted by Crippen LogP contribution is -2.26. The first-order valence-corrected chi connectivity index (χ1v) is 7.65. The van der Waals surface area contributed by atoms with Gasteiger partial charge in [0.05, 0.1) is 0 Å². The van der Waals surface area contributed by atoms with Gasteiger partial charge in [0, 0.05) is 12.1 Å². The second-order valence-corrected chi connectivity index (χ2v) is 6.12. The van der Waals surface area contributed by atoms with Crippen molar-refractivity contribution in [2.24, 2.45) is 17.8 Å². The van der Waals surface area contributed by atoms with Gasteiger partial charge in [-0.3, -0.25) is 0 Å². The van der Waals surface area contributed by atoms with Crippen LogP contribution in [0.5, 0.6) is 5.75 Å². The fourth-order valence-electron chi connectivity index (χ4n) is 3.92. The molecule has 1 aromatic rings. The van der Waals surface area contributed by atoms with E-state index in [9.17, 15) is 0 Å². The van der Waals surface area contributed by atoms with Crippen LogP contribution < -0.4 is 10.1 Å². The minimum absolute atomic E-state index is 0.114. The van der Waals surface area contributed by atoms with Gasteiger partial charge in [0.25, 0.3) is 0 Å². The summed E-state index contributed by atoms with van der Waals surface area (Å²) in [5, 5.41) is 12.2. The Hall–Kier alpha value is -1.53. The Morgan fingerprint density at radius 3 is 2.90 bits per heavy atom. The number of hydrogen-bond acceptors (Lipinski definition) is 3. The topological polar surface area (TPSA) is 45.0 Å². The van der Waals surface area contributed by atoms with Crippen molar-refractivity contribution in [3.8, 4) is 11.8 Å². The van der Waals surface area contributed by atoms with Gasteiger partial charge in [-0.05, 0) is 49.6 Å². The molecule has 2 fully saturated rings. The number of benzene rings is 1. The lowest BCUT2D eigenvalue weighted by Gasteiger charge is -2.22. The summed E-state index contributed by atoms with van der Waals surface area (Å²) in [5.74, 6) is 3.69. The molecule has 0 aliphatic heterocycles. The normalized spacial score (nSPS) is 27.4. The fourth-order valence-corrected chi connectivity index (χ4v) is 3.92.